The number of nitrogens with zero attached hydrogens (tertiary/aromatic N) is 2. The lowest BCUT2D eigenvalue weighted by molar-refractivity contribution is -0.120. The number of benzene rings is 3. The van der Waals surface area contributed by atoms with Crippen LogP contribution in [0.2, 0.25) is 0 Å². The van der Waals surface area contributed by atoms with Crippen LogP contribution >= 0.6 is 15.9 Å². The van der Waals surface area contributed by atoms with E-state index >= 15 is 0 Å². The van der Waals surface area contributed by atoms with Crippen LogP contribution in [-0.4, -0.2) is 23.3 Å². The van der Waals surface area contributed by atoms with Crippen molar-refractivity contribution in [2.75, 3.05) is 6.61 Å². The molecular weight excluding hydrogens is 478 g/mol. The van der Waals surface area contributed by atoms with E-state index in [1.165, 1.54) is 5.56 Å². The minimum atomic E-state index is -0.160. The second-order valence-corrected chi connectivity index (χ2v) is 8.69. The SMILES string of the molecule is CCOc1ccc(CC(=O)N/N=C\c2c(C)n(Cc3ccc(Br)cc3)c3ccccc23)cc1. The van der Waals surface area contributed by atoms with Crippen LogP contribution in [0, 0.1) is 6.92 Å². The van der Waals surface area contributed by atoms with Gasteiger partial charge in [0.2, 0.25) is 5.91 Å². The first-order chi connectivity index (χ1) is 16.0. The van der Waals surface area contributed by atoms with E-state index in [4.69, 9.17) is 4.74 Å². The summed E-state index contributed by atoms with van der Waals surface area (Å²) in [6.45, 7) is 5.41. The first-order valence-corrected chi connectivity index (χ1v) is 11.7. The zero-order valence-electron chi connectivity index (χ0n) is 18.7. The Labute approximate surface area is 202 Å². The summed E-state index contributed by atoms with van der Waals surface area (Å²) in [6.07, 6.45) is 2.00. The Morgan fingerprint density at radius 1 is 1.03 bits per heavy atom. The predicted octanol–water partition coefficient (Wildman–Crippen LogP) is 5.85. The van der Waals surface area contributed by atoms with Crippen LogP contribution in [0.1, 0.15) is 29.3 Å². The molecule has 0 atom stereocenters. The highest BCUT2D eigenvalue weighted by Crippen LogP contribution is 2.26. The highest BCUT2D eigenvalue weighted by Gasteiger charge is 2.13. The largest absolute Gasteiger partial charge is 0.494 e. The average Bonchev–Trinajstić information content (AvgIpc) is 3.08. The van der Waals surface area contributed by atoms with Crippen molar-refractivity contribution >= 4 is 39.0 Å². The number of carbonyl (C=O) groups is 1. The third-order valence-electron chi connectivity index (χ3n) is 5.52. The van der Waals surface area contributed by atoms with E-state index in [2.05, 4.69) is 74.3 Å². The molecule has 0 bridgehead atoms. The number of ether oxygens (including phenoxy) is 1. The Morgan fingerprint density at radius 2 is 1.73 bits per heavy atom. The van der Waals surface area contributed by atoms with Gasteiger partial charge < -0.3 is 9.30 Å². The molecule has 33 heavy (non-hydrogen) atoms. The molecule has 1 amide bonds. The Hall–Kier alpha value is -3.38. The first-order valence-electron chi connectivity index (χ1n) is 10.9. The first kappa shape index (κ1) is 22.8. The maximum atomic E-state index is 12.4. The number of carbonyl (C=O) groups excluding carboxylic acids is 1. The monoisotopic (exact) mass is 503 g/mol. The Balaban J connectivity index is 1.49. The summed E-state index contributed by atoms with van der Waals surface area (Å²) in [4.78, 5) is 12.4. The van der Waals surface area contributed by atoms with Gasteiger partial charge in [-0.15, -0.1) is 0 Å². The van der Waals surface area contributed by atoms with E-state index in [0.29, 0.717) is 6.61 Å². The summed E-state index contributed by atoms with van der Waals surface area (Å²) in [5.41, 5.74) is 8.03. The molecule has 0 saturated carbocycles. The predicted molar refractivity (Wildman–Crippen MR) is 137 cm³/mol. The fourth-order valence-corrected chi connectivity index (χ4v) is 4.13. The maximum Gasteiger partial charge on any atom is 0.244 e. The van der Waals surface area contributed by atoms with Crippen LogP contribution < -0.4 is 10.2 Å². The number of hydrogen-bond acceptors (Lipinski definition) is 3. The van der Waals surface area contributed by atoms with Crippen LogP contribution in [0.3, 0.4) is 0 Å². The van der Waals surface area contributed by atoms with Gasteiger partial charge >= 0.3 is 0 Å². The Kier molecular flexibility index (Phi) is 7.25. The van der Waals surface area contributed by atoms with Gasteiger partial charge in [0.05, 0.1) is 19.2 Å². The number of hydrazone groups is 1. The van der Waals surface area contributed by atoms with Gasteiger partial charge in [0, 0.05) is 33.2 Å². The molecule has 0 spiro atoms. The van der Waals surface area contributed by atoms with Crippen LogP contribution in [0.15, 0.2) is 82.4 Å². The van der Waals surface area contributed by atoms with Crippen molar-refractivity contribution in [1.82, 2.24) is 9.99 Å². The minimum absolute atomic E-state index is 0.160. The lowest BCUT2D eigenvalue weighted by atomic mass is 10.1. The van der Waals surface area contributed by atoms with Crippen molar-refractivity contribution in [2.45, 2.75) is 26.8 Å². The smallest absolute Gasteiger partial charge is 0.244 e. The lowest BCUT2D eigenvalue weighted by Crippen LogP contribution is -2.19. The molecule has 4 aromatic rings. The number of nitrogens with one attached hydrogen (secondary N) is 1. The summed E-state index contributed by atoms with van der Waals surface area (Å²) in [5.74, 6) is 0.640. The molecule has 1 N–H and O–H groups in total. The molecule has 5 nitrogen and oxygen atoms in total. The quantitative estimate of drug-likeness (QED) is 0.242. The van der Waals surface area contributed by atoms with Crippen molar-refractivity contribution in [1.29, 1.82) is 0 Å². The van der Waals surface area contributed by atoms with Gasteiger partial charge in [-0.2, -0.15) is 5.10 Å². The van der Waals surface area contributed by atoms with Crippen LogP contribution in [0.25, 0.3) is 10.9 Å². The Bertz CT molecular complexity index is 1280. The minimum Gasteiger partial charge on any atom is -0.494 e. The maximum absolute atomic E-state index is 12.4. The standard InChI is InChI=1S/C27H26BrN3O2/c1-3-33-23-14-10-20(11-15-23)16-27(32)30-29-17-25-19(2)31(26-7-5-4-6-24(25)26)18-21-8-12-22(28)13-9-21/h4-15,17H,3,16,18H2,1-2H3,(H,30,32)/b29-17-. The second-order valence-electron chi connectivity index (χ2n) is 7.78. The van der Waals surface area contributed by atoms with Gasteiger partial charge in [0.1, 0.15) is 5.75 Å². The zero-order valence-corrected chi connectivity index (χ0v) is 20.3. The molecule has 4 rings (SSSR count). The van der Waals surface area contributed by atoms with Gasteiger partial charge in [0.25, 0.3) is 0 Å². The average molecular weight is 504 g/mol. The summed E-state index contributed by atoms with van der Waals surface area (Å²) in [7, 11) is 0. The summed E-state index contributed by atoms with van der Waals surface area (Å²) >= 11 is 3.50. The van der Waals surface area contributed by atoms with Gasteiger partial charge in [-0.1, -0.05) is 58.4 Å². The van der Waals surface area contributed by atoms with E-state index in [1.807, 2.05) is 43.3 Å². The van der Waals surface area contributed by atoms with Crippen molar-refractivity contribution in [3.05, 3.63) is 99.7 Å². The summed E-state index contributed by atoms with van der Waals surface area (Å²) in [6, 6.07) is 24.2. The third-order valence-corrected chi connectivity index (χ3v) is 6.04. The van der Waals surface area contributed by atoms with Crippen LogP contribution in [0.5, 0.6) is 5.75 Å². The van der Waals surface area contributed by atoms with E-state index in [1.54, 1.807) is 6.21 Å². The number of aromatic nitrogens is 1. The molecule has 0 unspecified atom stereocenters. The van der Waals surface area contributed by atoms with Crippen molar-refractivity contribution in [3.63, 3.8) is 0 Å². The normalized spacial score (nSPS) is 11.2. The highest BCUT2D eigenvalue weighted by molar-refractivity contribution is 9.10. The fourth-order valence-electron chi connectivity index (χ4n) is 3.86. The molecule has 168 valence electrons. The van der Waals surface area contributed by atoms with Crippen molar-refractivity contribution in [3.8, 4) is 5.75 Å². The number of para-hydroxylation sites is 1. The number of halogens is 1. The van der Waals surface area contributed by atoms with Crippen LogP contribution in [0.4, 0.5) is 0 Å². The molecule has 0 fully saturated rings. The van der Waals surface area contributed by atoms with E-state index in [0.717, 1.165) is 44.5 Å². The van der Waals surface area contributed by atoms with Gasteiger partial charge in [-0.25, -0.2) is 5.43 Å². The zero-order chi connectivity index (χ0) is 23.2. The van der Waals surface area contributed by atoms with Crippen molar-refractivity contribution in [2.24, 2.45) is 5.10 Å². The Morgan fingerprint density at radius 3 is 2.45 bits per heavy atom. The molecule has 6 heteroatoms. The number of rotatable bonds is 8. The molecule has 0 saturated heterocycles. The number of amides is 1. The van der Waals surface area contributed by atoms with E-state index < -0.39 is 0 Å². The van der Waals surface area contributed by atoms with Gasteiger partial charge in [-0.05, 0) is 55.3 Å². The molecule has 0 radical (unpaired) electrons. The van der Waals surface area contributed by atoms with Crippen molar-refractivity contribution < 1.29 is 9.53 Å². The van der Waals surface area contributed by atoms with Gasteiger partial charge in [-0.3, -0.25) is 4.79 Å². The summed E-state index contributed by atoms with van der Waals surface area (Å²) < 4.78 is 8.79. The third kappa shape index (κ3) is 5.52. The molecule has 0 aliphatic carbocycles. The number of fused-ring (bicyclic) bond motifs is 1. The topological polar surface area (TPSA) is 55.6 Å². The molecular formula is C27H26BrN3O2. The molecule has 1 heterocycles. The fraction of sp³-hybridized carbons (Fsp3) is 0.185. The second kappa shape index (κ2) is 10.5. The molecule has 1 aromatic heterocycles. The summed E-state index contributed by atoms with van der Waals surface area (Å²) in [5, 5.41) is 5.37. The van der Waals surface area contributed by atoms with E-state index in [9.17, 15) is 4.79 Å². The van der Waals surface area contributed by atoms with Crippen LogP contribution in [-0.2, 0) is 17.8 Å². The molecule has 3 aromatic carbocycles. The highest BCUT2D eigenvalue weighted by atomic mass is 79.9. The molecule has 0 aliphatic rings. The number of hydrogen-bond donors (Lipinski definition) is 1. The van der Waals surface area contributed by atoms with E-state index in [-0.39, 0.29) is 12.3 Å². The lowest BCUT2D eigenvalue weighted by Gasteiger charge is -2.09. The molecule has 0 aliphatic heterocycles. The van der Waals surface area contributed by atoms with Gasteiger partial charge in [0.15, 0.2) is 0 Å².